The highest BCUT2D eigenvalue weighted by Gasteiger charge is 2.05. The van der Waals surface area contributed by atoms with Crippen LogP contribution in [-0.2, 0) is 5.75 Å². The third-order valence-corrected chi connectivity index (χ3v) is 3.48. The highest BCUT2D eigenvalue weighted by Crippen LogP contribution is 2.22. The summed E-state index contributed by atoms with van der Waals surface area (Å²) in [6.45, 7) is 2.05. The van der Waals surface area contributed by atoms with Crippen molar-refractivity contribution < 1.29 is 9.90 Å². The second-order valence-corrected chi connectivity index (χ2v) is 4.97. The Balaban J connectivity index is 2.04. The number of nitrogens with zero attached hydrogens (tertiary/aromatic N) is 1. The fourth-order valence-electron chi connectivity index (χ4n) is 1.47. The third-order valence-electron chi connectivity index (χ3n) is 2.43. The van der Waals surface area contributed by atoms with E-state index in [2.05, 4.69) is 29.2 Å². The second-order valence-electron chi connectivity index (χ2n) is 3.92. The Kier molecular flexibility index (Phi) is 3.99. The summed E-state index contributed by atoms with van der Waals surface area (Å²) in [6, 6.07) is 13.3. The van der Waals surface area contributed by atoms with Crippen molar-refractivity contribution in [2.45, 2.75) is 17.6 Å². The Bertz CT molecular complexity index is 552. The van der Waals surface area contributed by atoms with E-state index in [-0.39, 0.29) is 5.69 Å². The van der Waals surface area contributed by atoms with E-state index >= 15 is 0 Å². The number of hydrogen-bond acceptors (Lipinski definition) is 3. The standard InChI is InChI=1S/C14H13NO2S/c1-10-5-7-12(8-6-10)18-9-11-3-2-4-13(15-11)14(16)17/h2-8H,9H2,1H3,(H,16,17). The molecule has 0 saturated heterocycles. The molecule has 2 rings (SSSR count). The Morgan fingerprint density at radius 2 is 1.94 bits per heavy atom. The van der Waals surface area contributed by atoms with Gasteiger partial charge in [0.2, 0.25) is 0 Å². The minimum atomic E-state index is -0.989. The first-order valence-corrected chi connectivity index (χ1v) is 6.52. The highest BCUT2D eigenvalue weighted by molar-refractivity contribution is 7.98. The van der Waals surface area contributed by atoms with Gasteiger partial charge in [0, 0.05) is 10.6 Å². The Labute approximate surface area is 110 Å². The number of hydrogen-bond donors (Lipinski definition) is 1. The average molecular weight is 259 g/mol. The lowest BCUT2D eigenvalue weighted by molar-refractivity contribution is 0.0690. The van der Waals surface area contributed by atoms with E-state index in [0.717, 1.165) is 10.6 Å². The number of rotatable bonds is 4. The molecule has 0 fully saturated rings. The molecule has 0 unspecified atom stereocenters. The SMILES string of the molecule is Cc1ccc(SCc2cccc(C(=O)O)n2)cc1. The van der Waals surface area contributed by atoms with Gasteiger partial charge in [-0.15, -0.1) is 11.8 Å². The van der Waals surface area contributed by atoms with Crippen LogP contribution in [0.1, 0.15) is 21.7 Å². The van der Waals surface area contributed by atoms with E-state index in [9.17, 15) is 4.79 Å². The predicted octanol–water partition coefficient (Wildman–Crippen LogP) is 3.38. The lowest BCUT2D eigenvalue weighted by Gasteiger charge is -2.03. The first-order valence-electron chi connectivity index (χ1n) is 5.54. The van der Waals surface area contributed by atoms with Crippen LogP contribution in [0.5, 0.6) is 0 Å². The number of carbonyl (C=O) groups is 1. The Morgan fingerprint density at radius 1 is 1.22 bits per heavy atom. The average Bonchev–Trinajstić information content (AvgIpc) is 2.38. The zero-order valence-electron chi connectivity index (χ0n) is 9.96. The van der Waals surface area contributed by atoms with Crippen molar-refractivity contribution in [3.63, 3.8) is 0 Å². The maximum Gasteiger partial charge on any atom is 0.354 e. The highest BCUT2D eigenvalue weighted by atomic mass is 32.2. The summed E-state index contributed by atoms with van der Waals surface area (Å²) in [5.41, 5.74) is 2.10. The monoisotopic (exact) mass is 259 g/mol. The van der Waals surface area contributed by atoms with Gasteiger partial charge in [-0.25, -0.2) is 9.78 Å². The molecule has 0 aliphatic carbocycles. The van der Waals surface area contributed by atoms with Gasteiger partial charge in [0.05, 0.1) is 5.69 Å². The van der Waals surface area contributed by atoms with Gasteiger partial charge in [-0.2, -0.15) is 0 Å². The van der Waals surface area contributed by atoms with Gasteiger partial charge >= 0.3 is 5.97 Å². The van der Waals surface area contributed by atoms with E-state index in [1.807, 2.05) is 13.0 Å². The molecule has 0 radical (unpaired) electrons. The quantitative estimate of drug-likeness (QED) is 0.855. The van der Waals surface area contributed by atoms with Crippen LogP contribution in [0.3, 0.4) is 0 Å². The molecule has 3 nitrogen and oxygen atoms in total. The van der Waals surface area contributed by atoms with Crippen molar-refractivity contribution in [1.29, 1.82) is 0 Å². The Morgan fingerprint density at radius 3 is 2.61 bits per heavy atom. The number of aromatic nitrogens is 1. The summed E-state index contributed by atoms with van der Waals surface area (Å²) < 4.78 is 0. The summed E-state index contributed by atoms with van der Waals surface area (Å²) in [7, 11) is 0. The van der Waals surface area contributed by atoms with E-state index in [1.54, 1.807) is 17.8 Å². The van der Waals surface area contributed by atoms with Gasteiger partial charge in [0.25, 0.3) is 0 Å². The fraction of sp³-hybridized carbons (Fsp3) is 0.143. The summed E-state index contributed by atoms with van der Waals surface area (Å²) in [6.07, 6.45) is 0. The minimum absolute atomic E-state index is 0.0945. The van der Waals surface area contributed by atoms with Gasteiger partial charge in [0.1, 0.15) is 5.69 Å². The molecule has 0 bridgehead atoms. The number of thioether (sulfide) groups is 1. The molecule has 1 heterocycles. The van der Waals surface area contributed by atoms with E-state index in [0.29, 0.717) is 5.75 Å². The van der Waals surface area contributed by atoms with Gasteiger partial charge in [-0.05, 0) is 31.2 Å². The van der Waals surface area contributed by atoms with E-state index in [4.69, 9.17) is 5.11 Å². The molecule has 0 atom stereocenters. The second kappa shape index (κ2) is 5.69. The third kappa shape index (κ3) is 3.34. The van der Waals surface area contributed by atoms with Crippen molar-refractivity contribution in [3.05, 3.63) is 59.4 Å². The van der Waals surface area contributed by atoms with Crippen molar-refractivity contribution >= 4 is 17.7 Å². The molecule has 0 saturated carbocycles. The first-order chi connectivity index (χ1) is 8.65. The molecule has 4 heteroatoms. The van der Waals surface area contributed by atoms with Gasteiger partial charge < -0.3 is 5.11 Å². The first kappa shape index (κ1) is 12.6. The number of aromatic carboxylic acids is 1. The molecular weight excluding hydrogens is 246 g/mol. The lowest BCUT2D eigenvalue weighted by Crippen LogP contribution is -2.01. The topological polar surface area (TPSA) is 50.2 Å². The van der Waals surface area contributed by atoms with Crippen molar-refractivity contribution in [1.82, 2.24) is 4.98 Å². The van der Waals surface area contributed by atoms with Gasteiger partial charge in [-0.1, -0.05) is 23.8 Å². The molecular formula is C14H13NO2S. The summed E-state index contributed by atoms with van der Waals surface area (Å²) in [5.74, 6) is -0.318. The smallest absolute Gasteiger partial charge is 0.354 e. The normalized spacial score (nSPS) is 10.3. The number of aryl methyl sites for hydroxylation is 1. The molecule has 0 aliphatic rings. The van der Waals surface area contributed by atoms with E-state index in [1.165, 1.54) is 11.6 Å². The van der Waals surface area contributed by atoms with Crippen molar-refractivity contribution in [2.24, 2.45) is 0 Å². The maximum absolute atomic E-state index is 10.8. The van der Waals surface area contributed by atoms with Crippen LogP contribution in [0.15, 0.2) is 47.4 Å². The number of carboxylic acids is 1. The fourth-order valence-corrected chi connectivity index (χ4v) is 2.27. The molecule has 18 heavy (non-hydrogen) atoms. The molecule has 1 aromatic heterocycles. The van der Waals surface area contributed by atoms with Crippen LogP contribution < -0.4 is 0 Å². The van der Waals surface area contributed by atoms with Crippen LogP contribution in [0.25, 0.3) is 0 Å². The number of benzene rings is 1. The van der Waals surface area contributed by atoms with Gasteiger partial charge in [0.15, 0.2) is 0 Å². The summed E-state index contributed by atoms with van der Waals surface area (Å²) >= 11 is 1.65. The van der Waals surface area contributed by atoms with Crippen molar-refractivity contribution in [3.8, 4) is 0 Å². The van der Waals surface area contributed by atoms with Gasteiger partial charge in [-0.3, -0.25) is 0 Å². The van der Waals surface area contributed by atoms with Crippen LogP contribution in [-0.4, -0.2) is 16.1 Å². The molecule has 0 amide bonds. The summed E-state index contributed by atoms with van der Waals surface area (Å²) in [5, 5.41) is 8.86. The van der Waals surface area contributed by atoms with E-state index < -0.39 is 5.97 Å². The molecule has 1 N–H and O–H groups in total. The molecule has 2 aromatic rings. The molecule has 0 aliphatic heterocycles. The number of pyridine rings is 1. The largest absolute Gasteiger partial charge is 0.477 e. The summed E-state index contributed by atoms with van der Waals surface area (Å²) in [4.78, 5) is 16.0. The molecule has 0 spiro atoms. The van der Waals surface area contributed by atoms with Crippen molar-refractivity contribution in [2.75, 3.05) is 0 Å². The maximum atomic E-state index is 10.8. The van der Waals surface area contributed by atoms with Crippen LogP contribution in [0, 0.1) is 6.92 Å². The lowest BCUT2D eigenvalue weighted by atomic mass is 10.2. The molecule has 1 aromatic carbocycles. The van der Waals surface area contributed by atoms with Crippen LogP contribution >= 0.6 is 11.8 Å². The Hall–Kier alpha value is -1.81. The number of carboxylic acid groups (broad SMARTS) is 1. The van der Waals surface area contributed by atoms with Crippen LogP contribution in [0.2, 0.25) is 0 Å². The minimum Gasteiger partial charge on any atom is -0.477 e. The van der Waals surface area contributed by atoms with Crippen LogP contribution in [0.4, 0.5) is 0 Å². The predicted molar refractivity (Wildman–Crippen MR) is 71.9 cm³/mol. The zero-order chi connectivity index (χ0) is 13.0. The zero-order valence-corrected chi connectivity index (χ0v) is 10.8. The molecule has 92 valence electrons.